The maximum atomic E-state index is 10.7. The Morgan fingerprint density at radius 2 is 2.05 bits per heavy atom. The van der Waals surface area contributed by atoms with Gasteiger partial charge in [0.25, 0.3) is 0 Å². The monoisotopic (exact) mass is 267 g/mol. The summed E-state index contributed by atoms with van der Waals surface area (Å²) in [6.07, 6.45) is -2.32. The Morgan fingerprint density at radius 3 is 2.63 bits per heavy atom. The van der Waals surface area contributed by atoms with Crippen molar-refractivity contribution in [1.82, 2.24) is 5.32 Å². The third-order valence-electron chi connectivity index (χ3n) is 2.42. The van der Waals surface area contributed by atoms with E-state index in [0.29, 0.717) is 11.3 Å². The molecule has 0 aliphatic heterocycles. The number of benzene rings is 1. The number of aliphatic hydroxyl groups excluding tert-OH is 2. The molecule has 0 aromatic heterocycles. The van der Waals surface area contributed by atoms with Gasteiger partial charge < -0.3 is 26.6 Å². The van der Waals surface area contributed by atoms with Crippen LogP contribution in [0.3, 0.4) is 0 Å². The summed E-state index contributed by atoms with van der Waals surface area (Å²) in [7, 11) is 0. The van der Waals surface area contributed by atoms with Crippen LogP contribution >= 0.6 is 0 Å². The Balaban J connectivity index is 2.72. The number of primary amides is 1. The van der Waals surface area contributed by atoms with Crippen molar-refractivity contribution in [3.05, 3.63) is 29.8 Å². The number of hydrogen-bond acceptors (Lipinski definition) is 4. The molecule has 0 aliphatic carbocycles. The van der Waals surface area contributed by atoms with Crippen LogP contribution in [0.15, 0.2) is 24.3 Å². The second-order valence-corrected chi connectivity index (χ2v) is 4.06. The van der Waals surface area contributed by atoms with Crippen LogP contribution in [0.1, 0.15) is 18.6 Å². The van der Waals surface area contributed by atoms with Gasteiger partial charge in [0.1, 0.15) is 12.2 Å². The van der Waals surface area contributed by atoms with Crippen LogP contribution in [0.5, 0.6) is 0 Å². The van der Waals surface area contributed by atoms with Gasteiger partial charge in [-0.05, 0) is 17.7 Å². The van der Waals surface area contributed by atoms with Crippen molar-refractivity contribution in [2.45, 2.75) is 19.1 Å². The minimum absolute atomic E-state index is 0.0655. The fraction of sp³-hybridized carbons (Fsp3) is 0.333. The molecule has 104 valence electrons. The summed E-state index contributed by atoms with van der Waals surface area (Å²) in [5, 5.41) is 24.4. The second kappa shape index (κ2) is 6.72. The molecule has 1 aromatic rings. The lowest BCUT2D eigenvalue weighted by molar-refractivity contribution is -0.119. The molecule has 2 atom stereocenters. The summed E-state index contributed by atoms with van der Waals surface area (Å²) in [5.74, 6) is -0.296. The first-order valence-corrected chi connectivity index (χ1v) is 5.67. The molecule has 7 nitrogen and oxygen atoms in total. The number of carbonyl (C=O) groups excluding carboxylic acids is 2. The van der Waals surface area contributed by atoms with E-state index in [2.05, 4.69) is 10.6 Å². The maximum Gasteiger partial charge on any atom is 0.316 e. The molecule has 0 aliphatic rings. The van der Waals surface area contributed by atoms with E-state index in [1.54, 1.807) is 18.2 Å². The number of hydrogen-bond donors (Lipinski definition) is 5. The van der Waals surface area contributed by atoms with E-state index in [0.717, 1.165) is 0 Å². The molecule has 19 heavy (non-hydrogen) atoms. The quantitative estimate of drug-likeness (QED) is 0.502. The van der Waals surface area contributed by atoms with Crippen molar-refractivity contribution >= 4 is 17.6 Å². The summed E-state index contributed by atoms with van der Waals surface area (Å²) in [6, 6.07) is 5.57. The summed E-state index contributed by atoms with van der Waals surface area (Å²) in [5.41, 5.74) is 5.80. The van der Waals surface area contributed by atoms with Crippen molar-refractivity contribution < 1.29 is 19.8 Å². The van der Waals surface area contributed by atoms with E-state index in [9.17, 15) is 19.8 Å². The molecule has 0 heterocycles. The smallest absolute Gasteiger partial charge is 0.316 e. The average molecular weight is 267 g/mol. The van der Waals surface area contributed by atoms with E-state index in [1.807, 2.05) is 0 Å². The summed E-state index contributed by atoms with van der Waals surface area (Å²) >= 11 is 0. The first-order chi connectivity index (χ1) is 8.90. The van der Waals surface area contributed by atoms with Gasteiger partial charge in [0.05, 0.1) is 0 Å². The van der Waals surface area contributed by atoms with Gasteiger partial charge in [-0.25, -0.2) is 4.79 Å². The number of urea groups is 1. The van der Waals surface area contributed by atoms with Crippen molar-refractivity contribution in [3.63, 3.8) is 0 Å². The molecule has 1 aromatic carbocycles. The highest BCUT2D eigenvalue weighted by atomic mass is 16.3. The van der Waals surface area contributed by atoms with Crippen LogP contribution in [-0.4, -0.2) is 34.8 Å². The number of nitrogens with one attached hydrogen (secondary N) is 2. The molecule has 1 rings (SSSR count). The minimum atomic E-state index is -1.18. The summed E-state index contributed by atoms with van der Waals surface area (Å²) < 4.78 is 0. The molecular weight excluding hydrogens is 250 g/mol. The summed E-state index contributed by atoms with van der Waals surface area (Å²) in [4.78, 5) is 21.4. The standard InChI is InChI=1S/C12H17N3O4/c1-7(16)14-6-10(17)11(18)8-3-2-4-9(5-8)15-12(13)19/h2-5,10-11,17-18H,6H2,1H3,(H,14,16)(H3,13,15,19). The van der Waals surface area contributed by atoms with Crippen LogP contribution in [0, 0.1) is 0 Å². The Bertz CT molecular complexity index is 464. The number of amides is 3. The predicted molar refractivity (Wildman–Crippen MR) is 69.3 cm³/mol. The third kappa shape index (κ3) is 4.94. The molecule has 3 amide bonds. The topological polar surface area (TPSA) is 125 Å². The van der Waals surface area contributed by atoms with Gasteiger partial charge in [0.15, 0.2) is 0 Å². The van der Waals surface area contributed by atoms with Crippen LogP contribution in [0.4, 0.5) is 10.5 Å². The maximum absolute atomic E-state index is 10.7. The minimum Gasteiger partial charge on any atom is -0.388 e. The number of carbonyl (C=O) groups is 2. The lowest BCUT2D eigenvalue weighted by Gasteiger charge is -2.19. The SMILES string of the molecule is CC(=O)NCC(O)C(O)c1cccc(NC(N)=O)c1. The molecular formula is C12H17N3O4. The molecule has 0 saturated heterocycles. The van der Waals surface area contributed by atoms with E-state index >= 15 is 0 Å². The first kappa shape index (κ1) is 14.9. The van der Waals surface area contributed by atoms with E-state index in [1.165, 1.54) is 13.0 Å². The Labute approximate surface area is 110 Å². The molecule has 6 N–H and O–H groups in total. The van der Waals surface area contributed by atoms with Crippen LogP contribution in [0.25, 0.3) is 0 Å². The highest BCUT2D eigenvalue weighted by Crippen LogP contribution is 2.20. The number of aliphatic hydroxyl groups is 2. The Hall–Kier alpha value is -2.12. The van der Waals surface area contributed by atoms with E-state index < -0.39 is 18.2 Å². The predicted octanol–water partition coefficient (Wildman–Crippen LogP) is -0.292. The van der Waals surface area contributed by atoms with Crippen molar-refractivity contribution in [2.75, 3.05) is 11.9 Å². The van der Waals surface area contributed by atoms with Gasteiger partial charge in [0, 0.05) is 19.2 Å². The van der Waals surface area contributed by atoms with Crippen LogP contribution < -0.4 is 16.4 Å². The molecule has 7 heteroatoms. The average Bonchev–Trinajstić information content (AvgIpc) is 2.34. The first-order valence-electron chi connectivity index (χ1n) is 5.67. The van der Waals surface area contributed by atoms with Gasteiger partial charge in [-0.3, -0.25) is 4.79 Å². The highest BCUT2D eigenvalue weighted by molar-refractivity contribution is 5.87. The van der Waals surface area contributed by atoms with Gasteiger partial charge >= 0.3 is 6.03 Å². The van der Waals surface area contributed by atoms with E-state index in [-0.39, 0.29) is 12.5 Å². The van der Waals surface area contributed by atoms with Crippen LogP contribution in [0.2, 0.25) is 0 Å². The lowest BCUT2D eigenvalue weighted by Crippen LogP contribution is -2.34. The molecule has 0 radical (unpaired) electrons. The highest BCUT2D eigenvalue weighted by Gasteiger charge is 2.18. The van der Waals surface area contributed by atoms with Gasteiger partial charge in [-0.2, -0.15) is 0 Å². The zero-order valence-electron chi connectivity index (χ0n) is 10.5. The normalized spacial score (nSPS) is 13.4. The van der Waals surface area contributed by atoms with Crippen LogP contribution in [-0.2, 0) is 4.79 Å². The second-order valence-electron chi connectivity index (χ2n) is 4.06. The lowest BCUT2D eigenvalue weighted by atomic mass is 10.0. The number of rotatable bonds is 5. The number of anilines is 1. The molecule has 2 unspecified atom stereocenters. The summed E-state index contributed by atoms with van der Waals surface area (Å²) in [6.45, 7) is 1.25. The third-order valence-corrected chi connectivity index (χ3v) is 2.42. The zero-order chi connectivity index (χ0) is 14.4. The van der Waals surface area contributed by atoms with Crippen molar-refractivity contribution in [2.24, 2.45) is 5.73 Å². The Morgan fingerprint density at radius 1 is 1.37 bits per heavy atom. The van der Waals surface area contributed by atoms with Gasteiger partial charge in [-0.1, -0.05) is 12.1 Å². The largest absolute Gasteiger partial charge is 0.388 e. The molecule has 0 fully saturated rings. The van der Waals surface area contributed by atoms with Crippen molar-refractivity contribution in [3.8, 4) is 0 Å². The fourth-order valence-corrected chi connectivity index (χ4v) is 1.52. The Kier molecular flexibility index (Phi) is 5.28. The fourth-order valence-electron chi connectivity index (χ4n) is 1.52. The van der Waals surface area contributed by atoms with E-state index in [4.69, 9.17) is 5.73 Å². The zero-order valence-corrected chi connectivity index (χ0v) is 10.5. The van der Waals surface area contributed by atoms with Gasteiger partial charge in [-0.15, -0.1) is 0 Å². The molecule has 0 spiro atoms. The molecule has 0 saturated carbocycles. The van der Waals surface area contributed by atoms with Crippen molar-refractivity contribution in [1.29, 1.82) is 0 Å². The molecule has 0 bridgehead atoms. The number of nitrogens with two attached hydrogens (primary N) is 1. The van der Waals surface area contributed by atoms with Gasteiger partial charge in [0.2, 0.25) is 5.91 Å².